The van der Waals surface area contributed by atoms with Gasteiger partial charge in [-0.2, -0.15) is 18.3 Å². The third-order valence-corrected chi connectivity index (χ3v) is 6.36. The number of anilines is 2. The predicted molar refractivity (Wildman–Crippen MR) is 116 cm³/mol. The zero-order valence-electron chi connectivity index (χ0n) is 18.1. The molecule has 2 unspecified atom stereocenters. The first-order valence-electron chi connectivity index (χ1n) is 10.7. The number of aromatic nitrogens is 3. The quantitative estimate of drug-likeness (QED) is 0.624. The fourth-order valence-electron chi connectivity index (χ4n) is 4.64. The molecule has 0 spiro atoms. The summed E-state index contributed by atoms with van der Waals surface area (Å²) in [7, 11) is 0. The Hall–Kier alpha value is -2.94. The van der Waals surface area contributed by atoms with Crippen molar-refractivity contribution in [1.29, 1.82) is 0 Å². The van der Waals surface area contributed by atoms with Crippen molar-refractivity contribution in [1.82, 2.24) is 15.2 Å². The van der Waals surface area contributed by atoms with Crippen molar-refractivity contribution in [3.8, 4) is 0 Å². The summed E-state index contributed by atoms with van der Waals surface area (Å²) in [6.07, 6.45) is -3.12. The first-order valence-corrected chi connectivity index (χ1v) is 10.7. The van der Waals surface area contributed by atoms with Gasteiger partial charge in [-0.15, -0.1) is 5.10 Å². The number of nitrogens with zero attached hydrogens (tertiary/aromatic N) is 4. The van der Waals surface area contributed by atoms with Crippen molar-refractivity contribution >= 4 is 22.4 Å². The fraction of sp³-hybridized carbons (Fsp3) is 0.435. The number of pyridine rings is 1. The maximum absolute atomic E-state index is 13.1. The Morgan fingerprint density at radius 2 is 1.97 bits per heavy atom. The summed E-state index contributed by atoms with van der Waals surface area (Å²) < 4.78 is 45.2. The maximum Gasteiger partial charge on any atom is 0.416 e. The summed E-state index contributed by atoms with van der Waals surface area (Å²) in [6.45, 7) is 7.20. The van der Waals surface area contributed by atoms with Gasteiger partial charge in [-0.05, 0) is 51.0 Å². The van der Waals surface area contributed by atoms with Crippen molar-refractivity contribution in [3.05, 3.63) is 52.8 Å². The van der Waals surface area contributed by atoms with Crippen LogP contribution in [0.5, 0.6) is 0 Å². The van der Waals surface area contributed by atoms with Crippen molar-refractivity contribution in [3.63, 3.8) is 0 Å². The average Bonchev–Trinajstić information content (AvgIpc) is 3.39. The first kappa shape index (κ1) is 20.9. The molecule has 2 saturated heterocycles. The predicted octanol–water partition coefficient (Wildman–Crippen LogP) is 4.81. The van der Waals surface area contributed by atoms with Crippen molar-refractivity contribution in [2.24, 2.45) is 0 Å². The normalized spacial score (nSPS) is 21.4. The lowest BCUT2D eigenvalue weighted by Crippen LogP contribution is -2.37. The van der Waals surface area contributed by atoms with E-state index in [9.17, 15) is 13.2 Å². The molecule has 2 bridgehead atoms. The van der Waals surface area contributed by atoms with Gasteiger partial charge in [0.2, 0.25) is 0 Å². The van der Waals surface area contributed by atoms with E-state index in [1.54, 1.807) is 6.07 Å². The zero-order chi connectivity index (χ0) is 22.6. The molecule has 2 aliphatic heterocycles. The molecular weight excluding hydrogens is 419 g/mol. The molecule has 0 saturated carbocycles. The molecule has 9 heteroatoms. The molecule has 6 nitrogen and oxygen atoms in total. The minimum Gasteiger partial charge on any atom is -0.374 e. The van der Waals surface area contributed by atoms with Gasteiger partial charge in [-0.3, -0.25) is 0 Å². The number of halogens is 3. The van der Waals surface area contributed by atoms with Crippen LogP contribution in [0, 0.1) is 13.8 Å². The minimum absolute atomic E-state index is 0.255. The van der Waals surface area contributed by atoms with Gasteiger partial charge < -0.3 is 15.0 Å². The molecule has 168 valence electrons. The van der Waals surface area contributed by atoms with E-state index in [2.05, 4.69) is 26.5 Å². The molecule has 2 aromatic heterocycles. The van der Waals surface area contributed by atoms with Crippen LogP contribution in [0.1, 0.15) is 41.9 Å². The topological polar surface area (TPSA) is 63.2 Å². The summed E-state index contributed by atoms with van der Waals surface area (Å²) in [5.74, 6) is 0.505. The number of hydrogen-bond acceptors (Lipinski definition) is 6. The number of benzene rings is 1. The van der Waals surface area contributed by atoms with Crippen LogP contribution in [0.2, 0.25) is 0 Å². The van der Waals surface area contributed by atoms with Crippen molar-refractivity contribution < 1.29 is 17.9 Å². The average molecular weight is 443 g/mol. The van der Waals surface area contributed by atoms with Crippen molar-refractivity contribution in [2.45, 2.75) is 51.6 Å². The van der Waals surface area contributed by atoms with Gasteiger partial charge in [-0.25, -0.2) is 4.98 Å². The highest BCUT2D eigenvalue weighted by Gasteiger charge is 2.40. The molecule has 2 aliphatic rings. The van der Waals surface area contributed by atoms with E-state index < -0.39 is 17.8 Å². The monoisotopic (exact) mass is 443 g/mol. The molecular formula is C23H24F3N5O. The van der Waals surface area contributed by atoms with Gasteiger partial charge >= 0.3 is 6.18 Å². The summed E-state index contributed by atoms with van der Waals surface area (Å²) >= 11 is 0. The van der Waals surface area contributed by atoms with Crippen LogP contribution < -0.4 is 10.2 Å². The van der Waals surface area contributed by atoms with Crippen LogP contribution in [0.25, 0.3) is 10.9 Å². The SMILES string of the molecule is Cc1nc2c(C)nnc(N[C@H](C)c3cccc(C(F)(F)F)c3)c2cc1N1CC2CC1CO2. The number of nitrogens with one attached hydrogen (secondary N) is 1. The summed E-state index contributed by atoms with van der Waals surface area (Å²) in [5, 5.41) is 12.6. The van der Waals surface area contributed by atoms with Crippen LogP contribution in [0.4, 0.5) is 24.7 Å². The highest BCUT2D eigenvalue weighted by atomic mass is 19.4. The summed E-state index contributed by atoms with van der Waals surface area (Å²) in [5.41, 5.74) is 3.24. The lowest BCUT2D eigenvalue weighted by atomic mass is 10.0. The second-order valence-electron chi connectivity index (χ2n) is 8.61. The number of morpholine rings is 1. The highest BCUT2D eigenvalue weighted by Crippen LogP contribution is 2.37. The molecule has 0 amide bonds. The largest absolute Gasteiger partial charge is 0.416 e. The number of ether oxygens (including phenoxy) is 1. The van der Waals surface area contributed by atoms with E-state index in [0.717, 1.165) is 47.4 Å². The fourth-order valence-corrected chi connectivity index (χ4v) is 4.64. The van der Waals surface area contributed by atoms with Crippen molar-refractivity contribution in [2.75, 3.05) is 23.4 Å². The number of aryl methyl sites for hydroxylation is 2. The molecule has 4 heterocycles. The van der Waals surface area contributed by atoms with Crippen LogP contribution in [0.15, 0.2) is 30.3 Å². The number of hydrogen-bond donors (Lipinski definition) is 1. The van der Waals surface area contributed by atoms with Crippen LogP contribution in [-0.2, 0) is 10.9 Å². The Bertz CT molecular complexity index is 1180. The zero-order valence-corrected chi connectivity index (χ0v) is 18.1. The van der Waals surface area contributed by atoms with Gasteiger partial charge in [0.25, 0.3) is 0 Å². The highest BCUT2D eigenvalue weighted by molar-refractivity contribution is 5.93. The lowest BCUT2D eigenvalue weighted by Gasteiger charge is -2.30. The van der Waals surface area contributed by atoms with E-state index in [1.807, 2.05) is 20.8 Å². The number of alkyl halides is 3. The van der Waals surface area contributed by atoms with Crippen LogP contribution in [-0.4, -0.2) is 40.5 Å². The molecule has 32 heavy (non-hydrogen) atoms. The molecule has 3 atom stereocenters. The van der Waals surface area contributed by atoms with E-state index in [0.29, 0.717) is 29.7 Å². The lowest BCUT2D eigenvalue weighted by molar-refractivity contribution is -0.137. The molecule has 1 N–H and O–H groups in total. The Labute approximate surface area is 183 Å². The van der Waals surface area contributed by atoms with Crippen LogP contribution in [0.3, 0.4) is 0 Å². The molecule has 0 radical (unpaired) electrons. The van der Waals surface area contributed by atoms with Gasteiger partial charge in [0.1, 0.15) is 0 Å². The molecule has 5 rings (SSSR count). The third-order valence-electron chi connectivity index (χ3n) is 6.36. The first-order chi connectivity index (χ1) is 15.2. The Morgan fingerprint density at radius 1 is 1.16 bits per heavy atom. The Kier molecular flexibility index (Phi) is 4.96. The van der Waals surface area contributed by atoms with E-state index in [1.165, 1.54) is 6.07 Å². The van der Waals surface area contributed by atoms with E-state index in [-0.39, 0.29) is 6.10 Å². The molecule has 3 aromatic rings. The van der Waals surface area contributed by atoms with Crippen LogP contribution >= 0.6 is 0 Å². The van der Waals surface area contributed by atoms with Gasteiger partial charge in [0, 0.05) is 11.9 Å². The number of fused-ring (bicyclic) bond motifs is 3. The van der Waals surface area contributed by atoms with E-state index >= 15 is 0 Å². The Morgan fingerprint density at radius 3 is 2.66 bits per heavy atom. The molecule has 1 aromatic carbocycles. The minimum atomic E-state index is -4.39. The number of rotatable bonds is 4. The second kappa shape index (κ2) is 7.58. The Balaban J connectivity index is 1.51. The van der Waals surface area contributed by atoms with Gasteiger partial charge in [-0.1, -0.05) is 12.1 Å². The van der Waals surface area contributed by atoms with Gasteiger partial charge in [0.15, 0.2) is 5.82 Å². The van der Waals surface area contributed by atoms with Gasteiger partial charge in [0.05, 0.1) is 52.9 Å². The molecule has 0 aliphatic carbocycles. The molecule has 2 fully saturated rings. The third kappa shape index (κ3) is 3.64. The van der Waals surface area contributed by atoms with E-state index in [4.69, 9.17) is 9.72 Å². The summed E-state index contributed by atoms with van der Waals surface area (Å²) in [6, 6.07) is 7.34. The maximum atomic E-state index is 13.1. The summed E-state index contributed by atoms with van der Waals surface area (Å²) in [4.78, 5) is 7.16. The second-order valence-corrected chi connectivity index (χ2v) is 8.61. The smallest absolute Gasteiger partial charge is 0.374 e. The standard InChI is InChI=1S/C23H24F3N5O/c1-12(15-5-4-6-16(7-15)23(24,25)26)28-22-19-9-20(31-10-18-8-17(31)11-32-18)13(2)27-21(19)14(3)29-30-22/h4-7,9,12,17-18H,8,10-11H2,1-3H3,(H,28,30)/t12-,17?,18?/m1/s1.